The molecule has 0 unspecified atom stereocenters. The first-order valence-electron chi connectivity index (χ1n) is 4.49. The largest absolute Gasteiger partial charge is 0.306 e. The summed E-state index contributed by atoms with van der Waals surface area (Å²) < 4.78 is 0. The van der Waals surface area contributed by atoms with E-state index in [9.17, 15) is 0 Å². The Hall–Kier alpha value is -0.300. The van der Waals surface area contributed by atoms with Crippen LogP contribution in [0.4, 0.5) is 0 Å². The average Bonchev–Trinajstić information content (AvgIpc) is 2.05. The molecular formula is C10H23N. The summed E-state index contributed by atoms with van der Waals surface area (Å²) in [6, 6.07) is 0. The first-order chi connectivity index (χ1) is 5.31. The molecule has 11 heavy (non-hydrogen) atoms. The maximum Gasteiger partial charge on any atom is -0.00219 e. The third kappa shape index (κ3) is 12.8. The van der Waals surface area contributed by atoms with Crippen LogP contribution in [0.25, 0.3) is 0 Å². The standard InChI is InChI=1S/C8H19N.C2H4/c1-4-6-8-9(3)7-5-2;1-2/h4-8H2,1-3H3;1-2H2. The first kappa shape index (κ1) is 13.3. The van der Waals surface area contributed by atoms with Crippen LogP contribution in [-0.2, 0) is 0 Å². The summed E-state index contributed by atoms with van der Waals surface area (Å²) in [5.74, 6) is 0. The van der Waals surface area contributed by atoms with Gasteiger partial charge < -0.3 is 4.90 Å². The maximum absolute atomic E-state index is 3.00. The van der Waals surface area contributed by atoms with Crippen LogP contribution in [0.3, 0.4) is 0 Å². The summed E-state index contributed by atoms with van der Waals surface area (Å²) >= 11 is 0. The van der Waals surface area contributed by atoms with Crippen LogP contribution in [0.5, 0.6) is 0 Å². The van der Waals surface area contributed by atoms with Gasteiger partial charge in [-0.3, -0.25) is 0 Å². The van der Waals surface area contributed by atoms with Crippen LogP contribution in [0.15, 0.2) is 13.2 Å². The normalized spacial score (nSPS) is 9.09. The molecule has 0 saturated carbocycles. The fourth-order valence-electron chi connectivity index (χ4n) is 0.922. The van der Waals surface area contributed by atoms with Gasteiger partial charge in [0.1, 0.15) is 0 Å². The molecule has 0 aromatic carbocycles. The van der Waals surface area contributed by atoms with Crippen LogP contribution in [0.2, 0.25) is 0 Å². The summed E-state index contributed by atoms with van der Waals surface area (Å²) in [6.45, 7) is 13.0. The monoisotopic (exact) mass is 157 g/mol. The molecule has 0 heterocycles. The highest BCUT2D eigenvalue weighted by atomic mass is 15.1. The van der Waals surface area contributed by atoms with Crippen molar-refractivity contribution < 1.29 is 0 Å². The van der Waals surface area contributed by atoms with Crippen LogP contribution in [0.1, 0.15) is 33.1 Å². The van der Waals surface area contributed by atoms with Gasteiger partial charge in [0, 0.05) is 0 Å². The molecule has 0 amide bonds. The molecule has 0 aliphatic heterocycles. The van der Waals surface area contributed by atoms with E-state index in [4.69, 9.17) is 0 Å². The van der Waals surface area contributed by atoms with Gasteiger partial charge in [0.05, 0.1) is 0 Å². The van der Waals surface area contributed by atoms with Gasteiger partial charge in [0.2, 0.25) is 0 Å². The van der Waals surface area contributed by atoms with Gasteiger partial charge in [-0.15, -0.1) is 13.2 Å². The average molecular weight is 157 g/mol. The molecule has 0 N–H and O–H groups in total. The highest BCUT2D eigenvalue weighted by Crippen LogP contribution is 1.91. The number of hydrogen-bond donors (Lipinski definition) is 0. The van der Waals surface area contributed by atoms with Crippen LogP contribution < -0.4 is 0 Å². The van der Waals surface area contributed by atoms with Gasteiger partial charge in [-0.1, -0.05) is 20.3 Å². The maximum atomic E-state index is 3.00. The zero-order valence-electron chi connectivity index (χ0n) is 8.40. The second-order valence-electron chi connectivity index (χ2n) is 2.66. The lowest BCUT2D eigenvalue weighted by atomic mass is 10.3. The minimum atomic E-state index is 1.25. The number of nitrogens with zero attached hydrogens (tertiary/aromatic N) is 1. The van der Waals surface area contributed by atoms with Crippen molar-refractivity contribution in [2.75, 3.05) is 20.1 Å². The summed E-state index contributed by atoms with van der Waals surface area (Å²) in [5.41, 5.74) is 0. The topological polar surface area (TPSA) is 3.24 Å². The Bertz CT molecular complexity index is 61.9. The van der Waals surface area contributed by atoms with Crippen LogP contribution >= 0.6 is 0 Å². The van der Waals surface area contributed by atoms with Gasteiger partial charge in [0.25, 0.3) is 0 Å². The molecule has 0 spiro atoms. The van der Waals surface area contributed by atoms with E-state index in [0.29, 0.717) is 0 Å². The van der Waals surface area contributed by atoms with Gasteiger partial charge >= 0.3 is 0 Å². The number of hydrogen-bond acceptors (Lipinski definition) is 1. The van der Waals surface area contributed by atoms with Crippen molar-refractivity contribution in [2.24, 2.45) is 0 Å². The van der Waals surface area contributed by atoms with Gasteiger partial charge in [-0.25, -0.2) is 0 Å². The van der Waals surface area contributed by atoms with E-state index < -0.39 is 0 Å². The van der Waals surface area contributed by atoms with Crippen LogP contribution in [-0.4, -0.2) is 25.0 Å². The van der Waals surface area contributed by atoms with Crippen molar-refractivity contribution >= 4 is 0 Å². The smallest absolute Gasteiger partial charge is 0.00219 e. The molecule has 0 aliphatic rings. The summed E-state index contributed by atoms with van der Waals surface area (Å²) in [7, 11) is 2.19. The third-order valence-corrected chi connectivity index (χ3v) is 1.50. The molecular weight excluding hydrogens is 134 g/mol. The van der Waals surface area contributed by atoms with Gasteiger partial charge in [-0.05, 0) is 33.0 Å². The Morgan fingerprint density at radius 3 is 1.91 bits per heavy atom. The Kier molecular flexibility index (Phi) is 15.0. The molecule has 68 valence electrons. The zero-order chi connectivity index (χ0) is 9.11. The molecule has 0 radical (unpaired) electrons. The lowest BCUT2D eigenvalue weighted by Crippen LogP contribution is -2.19. The molecule has 1 heteroatoms. The molecule has 0 rings (SSSR count). The molecule has 0 aliphatic carbocycles. The van der Waals surface area contributed by atoms with Crippen molar-refractivity contribution in [3.8, 4) is 0 Å². The number of unbranched alkanes of at least 4 members (excludes halogenated alkanes) is 1. The van der Waals surface area contributed by atoms with Gasteiger partial charge in [-0.2, -0.15) is 0 Å². The van der Waals surface area contributed by atoms with E-state index in [2.05, 4.69) is 39.0 Å². The quantitative estimate of drug-likeness (QED) is 0.555. The molecule has 1 nitrogen and oxygen atoms in total. The Morgan fingerprint density at radius 2 is 1.55 bits per heavy atom. The van der Waals surface area contributed by atoms with E-state index in [0.717, 1.165) is 0 Å². The van der Waals surface area contributed by atoms with E-state index >= 15 is 0 Å². The highest BCUT2D eigenvalue weighted by molar-refractivity contribution is 4.47. The van der Waals surface area contributed by atoms with E-state index in [-0.39, 0.29) is 0 Å². The lowest BCUT2D eigenvalue weighted by molar-refractivity contribution is 0.329. The second-order valence-corrected chi connectivity index (χ2v) is 2.66. The van der Waals surface area contributed by atoms with Crippen molar-refractivity contribution in [1.29, 1.82) is 0 Å². The van der Waals surface area contributed by atoms with Crippen LogP contribution in [0, 0.1) is 0 Å². The zero-order valence-corrected chi connectivity index (χ0v) is 8.40. The molecule has 0 aromatic rings. The summed E-state index contributed by atoms with van der Waals surface area (Å²) in [4.78, 5) is 2.39. The fraction of sp³-hybridized carbons (Fsp3) is 0.800. The Labute approximate surface area is 72.1 Å². The molecule has 0 atom stereocenters. The highest BCUT2D eigenvalue weighted by Gasteiger charge is 1.92. The van der Waals surface area contributed by atoms with Crippen molar-refractivity contribution in [3.63, 3.8) is 0 Å². The molecule has 0 saturated heterocycles. The summed E-state index contributed by atoms with van der Waals surface area (Å²) in [6.07, 6.45) is 3.94. The molecule has 0 bridgehead atoms. The van der Waals surface area contributed by atoms with Crippen molar-refractivity contribution in [3.05, 3.63) is 13.2 Å². The van der Waals surface area contributed by atoms with Crippen molar-refractivity contribution in [1.82, 2.24) is 4.90 Å². The second kappa shape index (κ2) is 12.4. The third-order valence-electron chi connectivity index (χ3n) is 1.50. The predicted molar refractivity (Wildman–Crippen MR) is 54.0 cm³/mol. The summed E-state index contributed by atoms with van der Waals surface area (Å²) in [5, 5.41) is 0. The number of rotatable bonds is 5. The van der Waals surface area contributed by atoms with E-state index in [1.807, 2.05) is 0 Å². The fourth-order valence-corrected chi connectivity index (χ4v) is 0.922. The minimum absolute atomic E-state index is 1.25. The first-order valence-corrected chi connectivity index (χ1v) is 4.49. The van der Waals surface area contributed by atoms with E-state index in [1.165, 1.54) is 32.4 Å². The Balaban J connectivity index is 0. The SMILES string of the molecule is C=C.CCCCN(C)CCC. The molecule has 0 fully saturated rings. The minimum Gasteiger partial charge on any atom is -0.306 e. The van der Waals surface area contributed by atoms with Crippen molar-refractivity contribution in [2.45, 2.75) is 33.1 Å². The lowest BCUT2D eigenvalue weighted by Gasteiger charge is -2.13. The Morgan fingerprint density at radius 1 is 1.00 bits per heavy atom. The van der Waals surface area contributed by atoms with E-state index in [1.54, 1.807) is 0 Å². The predicted octanol–water partition coefficient (Wildman–Crippen LogP) is 2.93. The van der Waals surface area contributed by atoms with Gasteiger partial charge in [0.15, 0.2) is 0 Å². The molecule has 0 aromatic heterocycles.